The Kier molecular flexibility index (Phi) is 3.51. The molecule has 2 aliphatic rings. The summed E-state index contributed by atoms with van der Waals surface area (Å²) in [6.45, 7) is 4.36. The van der Waals surface area contributed by atoms with Gasteiger partial charge in [-0.3, -0.25) is 9.59 Å². The topological polar surface area (TPSA) is 65.5 Å². The predicted molar refractivity (Wildman–Crippen MR) is 79.7 cm³/mol. The van der Waals surface area contributed by atoms with E-state index >= 15 is 0 Å². The lowest BCUT2D eigenvalue weighted by Crippen LogP contribution is -2.53. The van der Waals surface area contributed by atoms with Crippen molar-refractivity contribution in [1.29, 1.82) is 0 Å². The summed E-state index contributed by atoms with van der Waals surface area (Å²) < 4.78 is 10.4. The highest BCUT2D eigenvalue weighted by Crippen LogP contribution is 2.46. The highest BCUT2D eigenvalue weighted by Gasteiger charge is 2.56. The molecule has 0 fully saturated rings. The van der Waals surface area contributed by atoms with Crippen LogP contribution in [0.5, 0.6) is 5.88 Å². The largest absolute Gasteiger partial charge is 0.478 e. The van der Waals surface area contributed by atoms with E-state index in [2.05, 4.69) is 4.98 Å². The van der Waals surface area contributed by atoms with Gasteiger partial charge in [0.1, 0.15) is 0 Å². The number of ketones is 1. The Balaban J connectivity index is 2.19. The molecule has 0 amide bonds. The molecule has 5 nitrogen and oxygen atoms in total. The monoisotopic (exact) mass is 301 g/mol. The smallest absolute Gasteiger partial charge is 0.324 e. The molecular weight excluding hydrogens is 282 g/mol. The molecule has 22 heavy (non-hydrogen) atoms. The van der Waals surface area contributed by atoms with Crippen LogP contribution in [0.2, 0.25) is 0 Å². The number of hydrogen-bond acceptors (Lipinski definition) is 5. The summed E-state index contributed by atoms with van der Waals surface area (Å²) in [6.07, 6.45) is 2.81. The first-order valence-electron chi connectivity index (χ1n) is 7.46. The molecule has 5 heteroatoms. The van der Waals surface area contributed by atoms with Gasteiger partial charge in [-0.15, -0.1) is 0 Å². The minimum absolute atomic E-state index is 0.0802. The maximum Gasteiger partial charge on any atom is 0.324 e. The van der Waals surface area contributed by atoms with Crippen LogP contribution in [0.1, 0.15) is 31.5 Å². The second kappa shape index (κ2) is 5.23. The molecule has 1 aromatic heterocycles. The second-order valence-corrected chi connectivity index (χ2v) is 5.84. The molecule has 2 aliphatic carbocycles. The number of carbonyl (C=O) groups is 2. The van der Waals surface area contributed by atoms with E-state index in [1.54, 1.807) is 12.1 Å². The third kappa shape index (κ3) is 1.95. The van der Waals surface area contributed by atoms with Crippen molar-refractivity contribution < 1.29 is 19.1 Å². The van der Waals surface area contributed by atoms with Gasteiger partial charge in [0.05, 0.1) is 19.4 Å². The van der Waals surface area contributed by atoms with Gasteiger partial charge in [-0.25, -0.2) is 4.98 Å². The predicted octanol–water partition coefficient (Wildman–Crippen LogP) is 1.98. The van der Waals surface area contributed by atoms with Crippen LogP contribution >= 0.6 is 0 Å². The second-order valence-electron chi connectivity index (χ2n) is 5.84. The zero-order valence-electron chi connectivity index (χ0n) is 13.0. The van der Waals surface area contributed by atoms with Crippen molar-refractivity contribution >= 4 is 11.8 Å². The number of pyridine rings is 1. The van der Waals surface area contributed by atoms with Crippen LogP contribution in [-0.2, 0) is 26.2 Å². The van der Waals surface area contributed by atoms with E-state index in [9.17, 15) is 9.59 Å². The number of nitrogens with zero attached hydrogens (tertiary/aromatic N) is 1. The van der Waals surface area contributed by atoms with E-state index in [0.717, 1.165) is 11.3 Å². The minimum Gasteiger partial charge on any atom is -0.478 e. The van der Waals surface area contributed by atoms with Gasteiger partial charge in [-0.2, -0.15) is 0 Å². The van der Waals surface area contributed by atoms with Crippen molar-refractivity contribution in [2.75, 3.05) is 13.7 Å². The number of allylic oxidation sites excluding steroid dienone is 2. The standard InChI is InChI=1S/C17H19NO4/c1-4-22-14-6-5-12-13(18-14)8-11-7-10(2)9-17(12,15(11)19)16(20)21-3/h5-7,11H,4,8-9H2,1-3H3/t11-,17-/m0/s1. The van der Waals surface area contributed by atoms with Crippen molar-refractivity contribution in [2.24, 2.45) is 5.92 Å². The molecule has 0 unspecified atom stereocenters. The van der Waals surface area contributed by atoms with Crippen molar-refractivity contribution in [3.8, 4) is 5.88 Å². The molecule has 2 bridgehead atoms. The maximum absolute atomic E-state index is 12.8. The molecule has 116 valence electrons. The fraction of sp³-hybridized carbons (Fsp3) is 0.471. The normalized spacial score (nSPS) is 26.0. The first-order valence-corrected chi connectivity index (χ1v) is 7.46. The van der Waals surface area contributed by atoms with Gasteiger partial charge in [0, 0.05) is 18.4 Å². The van der Waals surface area contributed by atoms with Crippen LogP contribution in [0, 0.1) is 5.92 Å². The number of ether oxygens (including phenoxy) is 2. The fourth-order valence-corrected chi connectivity index (χ4v) is 3.60. The summed E-state index contributed by atoms with van der Waals surface area (Å²) in [5, 5.41) is 0. The minimum atomic E-state index is -1.25. The Morgan fingerprint density at radius 2 is 2.23 bits per heavy atom. The van der Waals surface area contributed by atoms with Gasteiger partial charge in [-0.1, -0.05) is 17.7 Å². The lowest BCUT2D eigenvalue weighted by molar-refractivity contribution is -0.154. The Morgan fingerprint density at radius 3 is 2.91 bits per heavy atom. The number of methoxy groups -OCH3 is 1. The summed E-state index contributed by atoms with van der Waals surface area (Å²) in [7, 11) is 1.32. The molecule has 1 aromatic rings. The van der Waals surface area contributed by atoms with E-state index in [0.29, 0.717) is 30.9 Å². The molecule has 0 spiro atoms. The molecule has 0 saturated carbocycles. The molecule has 0 saturated heterocycles. The number of fused-ring (bicyclic) bond motifs is 4. The van der Waals surface area contributed by atoms with E-state index in [-0.39, 0.29) is 11.7 Å². The summed E-state index contributed by atoms with van der Waals surface area (Å²) in [5.74, 6) is -0.371. The number of Topliss-reactive ketones (excluding diaryl/α,β-unsaturated/α-hetero) is 1. The molecule has 0 radical (unpaired) electrons. The SMILES string of the molecule is CCOc1ccc2c(n1)C[C@@H]1C=C(C)C[C@@]2(C(=O)OC)C1=O. The summed E-state index contributed by atoms with van der Waals surface area (Å²) in [5.41, 5.74) is 1.21. The van der Waals surface area contributed by atoms with Gasteiger partial charge in [0.15, 0.2) is 11.2 Å². The lowest BCUT2D eigenvalue weighted by Gasteiger charge is -2.41. The van der Waals surface area contributed by atoms with Crippen LogP contribution in [-0.4, -0.2) is 30.5 Å². The van der Waals surface area contributed by atoms with Gasteiger partial charge in [0.25, 0.3) is 0 Å². The summed E-state index contributed by atoms with van der Waals surface area (Å²) in [4.78, 5) is 29.8. The third-order valence-electron chi connectivity index (χ3n) is 4.43. The van der Waals surface area contributed by atoms with Crippen molar-refractivity contribution in [1.82, 2.24) is 4.98 Å². The fourth-order valence-electron chi connectivity index (χ4n) is 3.60. The van der Waals surface area contributed by atoms with Gasteiger partial charge >= 0.3 is 5.97 Å². The van der Waals surface area contributed by atoms with E-state index in [1.165, 1.54) is 7.11 Å². The number of aromatic nitrogens is 1. The molecule has 0 N–H and O–H groups in total. The Bertz CT molecular complexity index is 679. The van der Waals surface area contributed by atoms with E-state index < -0.39 is 11.4 Å². The lowest BCUT2D eigenvalue weighted by atomic mass is 9.60. The molecule has 0 aliphatic heterocycles. The van der Waals surface area contributed by atoms with E-state index in [4.69, 9.17) is 9.47 Å². The maximum atomic E-state index is 12.8. The number of rotatable bonds is 3. The number of carbonyl (C=O) groups excluding carboxylic acids is 2. The van der Waals surface area contributed by atoms with Crippen molar-refractivity contribution in [2.45, 2.75) is 32.1 Å². The highest BCUT2D eigenvalue weighted by atomic mass is 16.5. The van der Waals surface area contributed by atoms with Gasteiger partial charge < -0.3 is 9.47 Å². The quantitative estimate of drug-likeness (QED) is 0.485. The summed E-state index contributed by atoms with van der Waals surface area (Å²) >= 11 is 0. The Hall–Kier alpha value is -2.17. The van der Waals surface area contributed by atoms with Gasteiger partial charge in [-0.05, 0) is 25.8 Å². The average molecular weight is 301 g/mol. The van der Waals surface area contributed by atoms with Crippen molar-refractivity contribution in [3.05, 3.63) is 35.0 Å². The molecule has 2 atom stereocenters. The molecule has 1 heterocycles. The van der Waals surface area contributed by atoms with Crippen LogP contribution in [0.3, 0.4) is 0 Å². The molecule has 0 aromatic carbocycles. The first kappa shape index (κ1) is 14.8. The average Bonchev–Trinajstić information content (AvgIpc) is 2.49. The van der Waals surface area contributed by atoms with Crippen LogP contribution < -0.4 is 4.74 Å². The van der Waals surface area contributed by atoms with Crippen LogP contribution in [0.4, 0.5) is 0 Å². The van der Waals surface area contributed by atoms with Crippen molar-refractivity contribution in [3.63, 3.8) is 0 Å². The highest BCUT2D eigenvalue weighted by molar-refractivity contribution is 6.13. The Labute approximate surface area is 129 Å². The molecular formula is C17H19NO4. The zero-order valence-corrected chi connectivity index (χ0v) is 13.0. The van der Waals surface area contributed by atoms with E-state index in [1.807, 2.05) is 19.9 Å². The third-order valence-corrected chi connectivity index (χ3v) is 4.43. The Morgan fingerprint density at radius 1 is 1.45 bits per heavy atom. The van der Waals surface area contributed by atoms with Gasteiger partial charge in [0.2, 0.25) is 5.88 Å². The van der Waals surface area contributed by atoms with Crippen LogP contribution in [0.25, 0.3) is 0 Å². The van der Waals surface area contributed by atoms with Crippen LogP contribution in [0.15, 0.2) is 23.8 Å². The first-order chi connectivity index (χ1) is 10.5. The number of esters is 1. The summed E-state index contributed by atoms with van der Waals surface area (Å²) in [6, 6.07) is 3.51. The molecule has 3 rings (SSSR count). The zero-order chi connectivity index (χ0) is 15.9. The number of hydrogen-bond donors (Lipinski definition) is 0.